The summed E-state index contributed by atoms with van der Waals surface area (Å²) in [4.78, 5) is 45.4. The fraction of sp³-hybridized carbons (Fsp3) is 0.444. The van der Waals surface area contributed by atoms with Crippen molar-refractivity contribution < 1.29 is 14.4 Å². The van der Waals surface area contributed by atoms with Gasteiger partial charge in [-0.1, -0.05) is 12.2 Å². The number of rotatable bonds is 4. The van der Waals surface area contributed by atoms with Gasteiger partial charge in [-0.3, -0.25) is 24.3 Å². The summed E-state index contributed by atoms with van der Waals surface area (Å²) in [5.41, 5.74) is 0. The summed E-state index contributed by atoms with van der Waals surface area (Å²) in [7, 11) is 0. The largest absolute Gasteiger partial charge is 0.338 e. The van der Waals surface area contributed by atoms with Gasteiger partial charge in [-0.05, 0) is 25.0 Å². The zero-order valence-electron chi connectivity index (χ0n) is 13.7. The fourth-order valence-corrected chi connectivity index (χ4v) is 4.47. The van der Waals surface area contributed by atoms with Crippen LogP contribution in [0.25, 0.3) is 0 Å². The van der Waals surface area contributed by atoms with Crippen molar-refractivity contribution in [2.75, 3.05) is 18.8 Å². The van der Waals surface area contributed by atoms with Gasteiger partial charge in [-0.15, -0.1) is 11.8 Å². The molecule has 6 nitrogen and oxygen atoms in total. The normalized spacial score (nSPS) is 25.9. The van der Waals surface area contributed by atoms with E-state index in [1.165, 1.54) is 16.7 Å². The van der Waals surface area contributed by atoms with Crippen LogP contribution in [0.2, 0.25) is 0 Å². The number of aromatic nitrogens is 1. The molecule has 3 amide bonds. The molecule has 1 aromatic heterocycles. The lowest BCUT2D eigenvalue weighted by atomic mass is 9.85. The number of pyridine rings is 1. The molecule has 2 saturated heterocycles. The zero-order valence-corrected chi connectivity index (χ0v) is 14.5. The van der Waals surface area contributed by atoms with Crippen LogP contribution in [0.1, 0.15) is 12.8 Å². The van der Waals surface area contributed by atoms with Gasteiger partial charge >= 0.3 is 0 Å². The first-order valence-electron chi connectivity index (χ1n) is 8.47. The maximum absolute atomic E-state index is 12.5. The van der Waals surface area contributed by atoms with E-state index < -0.39 is 0 Å². The van der Waals surface area contributed by atoms with Crippen molar-refractivity contribution in [3.8, 4) is 0 Å². The Balaban J connectivity index is 1.31. The first-order chi connectivity index (χ1) is 12.1. The highest BCUT2D eigenvalue weighted by Crippen LogP contribution is 2.37. The van der Waals surface area contributed by atoms with Gasteiger partial charge in [0.1, 0.15) is 0 Å². The molecule has 0 N–H and O–H groups in total. The topological polar surface area (TPSA) is 70.6 Å². The number of fused-ring (bicyclic) bond motifs is 1. The van der Waals surface area contributed by atoms with Crippen molar-refractivity contribution in [2.45, 2.75) is 23.8 Å². The second kappa shape index (κ2) is 6.63. The average Bonchev–Trinajstić information content (AvgIpc) is 2.85. The third-order valence-electron chi connectivity index (χ3n) is 5.13. The van der Waals surface area contributed by atoms with Gasteiger partial charge in [0, 0.05) is 30.4 Å². The lowest BCUT2D eigenvalue weighted by Gasteiger charge is -2.43. The zero-order chi connectivity index (χ0) is 17.4. The van der Waals surface area contributed by atoms with E-state index in [0.29, 0.717) is 31.7 Å². The third kappa shape index (κ3) is 2.97. The number of thioether (sulfide) groups is 1. The van der Waals surface area contributed by atoms with Crippen LogP contribution in [0.4, 0.5) is 0 Å². The molecule has 2 aliphatic heterocycles. The highest BCUT2D eigenvalue weighted by molar-refractivity contribution is 8.00. The number of nitrogens with zero attached hydrogens (tertiary/aromatic N) is 3. The van der Waals surface area contributed by atoms with Crippen LogP contribution >= 0.6 is 11.8 Å². The molecule has 3 heterocycles. The molecule has 1 aliphatic carbocycles. The third-order valence-corrected chi connectivity index (χ3v) is 6.13. The van der Waals surface area contributed by atoms with Gasteiger partial charge in [0.2, 0.25) is 17.7 Å². The second-order valence-electron chi connectivity index (χ2n) is 6.63. The molecule has 7 heteroatoms. The van der Waals surface area contributed by atoms with Crippen LogP contribution in [0.15, 0.2) is 41.6 Å². The standard InChI is InChI=1S/C18H19N3O3S/c22-16(11-25-13-5-7-19-8-6-13)20-9-12(10-20)21-17(23)14-3-1-2-4-15(14)18(21)24/h1-2,5-8,12,14-15H,3-4,9-11H2. The van der Waals surface area contributed by atoms with Gasteiger partial charge in [0.15, 0.2) is 0 Å². The predicted molar refractivity (Wildman–Crippen MR) is 92.5 cm³/mol. The Morgan fingerprint density at radius 2 is 1.68 bits per heavy atom. The Hall–Kier alpha value is -2.15. The van der Waals surface area contributed by atoms with E-state index in [-0.39, 0.29) is 35.6 Å². The van der Waals surface area contributed by atoms with Crippen molar-refractivity contribution in [2.24, 2.45) is 11.8 Å². The van der Waals surface area contributed by atoms with E-state index in [1.54, 1.807) is 17.3 Å². The summed E-state index contributed by atoms with van der Waals surface area (Å²) in [5.74, 6) is -0.0937. The van der Waals surface area contributed by atoms with Crippen molar-refractivity contribution in [1.82, 2.24) is 14.8 Å². The highest BCUT2D eigenvalue weighted by Gasteiger charge is 2.52. The van der Waals surface area contributed by atoms with Gasteiger partial charge in [-0.2, -0.15) is 0 Å². The molecule has 3 aliphatic rings. The molecule has 2 atom stereocenters. The minimum Gasteiger partial charge on any atom is -0.338 e. The molecule has 0 radical (unpaired) electrons. The van der Waals surface area contributed by atoms with E-state index in [4.69, 9.17) is 0 Å². The summed E-state index contributed by atoms with van der Waals surface area (Å²) in [6.07, 6.45) is 8.69. The van der Waals surface area contributed by atoms with Gasteiger partial charge < -0.3 is 4.90 Å². The Morgan fingerprint density at radius 1 is 1.08 bits per heavy atom. The van der Waals surface area contributed by atoms with Crippen molar-refractivity contribution in [3.63, 3.8) is 0 Å². The van der Waals surface area contributed by atoms with Gasteiger partial charge in [-0.25, -0.2) is 0 Å². The van der Waals surface area contributed by atoms with Crippen LogP contribution in [0.3, 0.4) is 0 Å². The predicted octanol–water partition coefficient (Wildman–Crippen LogP) is 1.34. The summed E-state index contributed by atoms with van der Waals surface area (Å²) in [5, 5.41) is 0. The monoisotopic (exact) mass is 357 g/mol. The summed E-state index contributed by atoms with van der Waals surface area (Å²) in [6.45, 7) is 0.917. The second-order valence-corrected chi connectivity index (χ2v) is 7.68. The van der Waals surface area contributed by atoms with E-state index in [0.717, 1.165) is 4.90 Å². The van der Waals surface area contributed by atoms with Crippen LogP contribution in [0.5, 0.6) is 0 Å². The molecule has 4 rings (SSSR count). The van der Waals surface area contributed by atoms with Crippen molar-refractivity contribution >= 4 is 29.5 Å². The number of allylic oxidation sites excluding steroid dienone is 2. The van der Waals surface area contributed by atoms with Crippen LogP contribution in [0, 0.1) is 11.8 Å². The molecule has 2 fully saturated rings. The van der Waals surface area contributed by atoms with Gasteiger partial charge in [0.05, 0.1) is 23.6 Å². The van der Waals surface area contributed by atoms with Crippen LogP contribution < -0.4 is 0 Å². The first-order valence-corrected chi connectivity index (χ1v) is 9.46. The number of carbonyl (C=O) groups is 3. The number of hydrogen-bond donors (Lipinski definition) is 0. The molecule has 130 valence electrons. The van der Waals surface area contributed by atoms with Crippen molar-refractivity contribution in [1.29, 1.82) is 0 Å². The average molecular weight is 357 g/mol. The molecule has 1 aromatic rings. The number of amides is 3. The number of carbonyl (C=O) groups excluding carboxylic acids is 3. The molecule has 0 bridgehead atoms. The lowest BCUT2D eigenvalue weighted by Crippen LogP contribution is -2.62. The van der Waals surface area contributed by atoms with E-state index in [9.17, 15) is 14.4 Å². The molecule has 0 aromatic carbocycles. The summed E-state index contributed by atoms with van der Waals surface area (Å²) < 4.78 is 0. The Kier molecular flexibility index (Phi) is 4.33. The highest BCUT2D eigenvalue weighted by atomic mass is 32.2. The molecular formula is C18H19N3O3S. The van der Waals surface area contributed by atoms with Crippen LogP contribution in [-0.4, -0.2) is 57.4 Å². The minimum absolute atomic E-state index is 0.0382. The van der Waals surface area contributed by atoms with Crippen LogP contribution in [-0.2, 0) is 14.4 Å². The lowest BCUT2D eigenvalue weighted by molar-refractivity contribution is -0.151. The molecule has 2 unspecified atom stereocenters. The molecule has 25 heavy (non-hydrogen) atoms. The minimum atomic E-state index is -0.190. The Labute approximate surface area is 150 Å². The molecular weight excluding hydrogens is 338 g/mol. The van der Waals surface area contributed by atoms with E-state index in [2.05, 4.69) is 4.98 Å². The maximum atomic E-state index is 12.5. The summed E-state index contributed by atoms with van der Waals surface area (Å²) >= 11 is 1.47. The van der Waals surface area contributed by atoms with E-state index >= 15 is 0 Å². The smallest absolute Gasteiger partial charge is 0.233 e. The van der Waals surface area contributed by atoms with E-state index in [1.807, 2.05) is 24.3 Å². The quantitative estimate of drug-likeness (QED) is 0.462. The number of likely N-dealkylation sites (tertiary alicyclic amines) is 2. The molecule has 0 spiro atoms. The Morgan fingerprint density at radius 3 is 2.28 bits per heavy atom. The number of imide groups is 1. The molecule has 0 saturated carbocycles. The van der Waals surface area contributed by atoms with Crippen molar-refractivity contribution in [3.05, 3.63) is 36.7 Å². The fourth-order valence-electron chi connectivity index (χ4n) is 3.68. The maximum Gasteiger partial charge on any atom is 0.233 e. The SMILES string of the molecule is O=C(CSc1ccncc1)N1CC(N2C(=O)C3CC=CCC3C2=O)C1. The van der Waals surface area contributed by atoms with Gasteiger partial charge in [0.25, 0.3) is 0 Å². The number of hydrogen-bond acceptors (Lipinski definition) is 5. The Bertz CT molecular complexity index is 704. The summed E-state index contributed by atoms with van der Waals surface area (Å²) in [6, 6.07) is 3.59. The first kappa shape index (κ1) is 16.3.